The number of fused-ring (bicyclic) bond motifs is 1. The number of imidazole rings is 1. The lowest BCUT2D eigenvalue weighted by molar-refractivity contribution is 0.0994. The van der Waals surface area contributed by atoms with Gasteiger partial charge in [-0.05, 0) is 80.4 Å². The van der Waals surface area contributed by atoms with Crippen LogP contribution in [0.1, 0.15) is 41.7 Å². The third kappa shape index (κ3) is 4.47. The molecule has 180 valence electrons. The summed E-state index contributed by atoms with van der Waals surface area (Å²) in [5.74, 6) is 2.00. The summed E-state index contributed by atoms with van der Waals surface area (Å²) in [4.78, 5) is 19.6. The van der Waals surface area contributed by atoms with E-state index in [1.54, 1.807) is 11.6 Å². The molecule has 2 aromatic heterocycles. The minimum atomic E-state index is -0.526. The summed E-state index contributed by atoms with van der Waals surface area (Å²) in [6.07, 6.45) is 8.24. The quantitative estimate of drug-likeness (QED) is 0.398. The van der Waals surface area contributed by atoms with E-state index in [-0.39, 0.29) is 0 Å². The molecule has 1 aliphatic heterocycles. The first-order valence-electron chi connectivity index (χ1n) is 11.8. The van der Waals surface area contributed by atoms with Crippen molar-refractivity contribution in [3.63, 3.8) is 0 Å². The highest BCUT2D eigenvalue weighted by molar-refractivity contribution is 5.98. The summed E-state index contributed by atoms with van der Waals surface area (Å²) in [5, 5.41) is 3.21. The summed E-state index contributed by atoms with van der Waals surface area (Å²) in [7, 11) is 1.63. The Balaban J connectivity index is 1.41. The Labute approximate surface area is 204 Å². The number of nitrogens with two attached hydrogens (primary N) is 1. The molecule has 5 rings (SSSR count). The number of ether oxygens (including phenoxy) is 2. The van der Waals surface area contributed by atoms with Crippen LogP contribution in [0.4, 0.5) is 0 Å². The van der Waals surface area contributed by atoms with Crippen LogP contribution in [0.15, 0.2) is 67.0 Å². The van der Waals surface area contributed by atoms with Gasteiger partial charge < -0.3 is 20.1 Å². The lowest BCUT2D eigenvalue weighted by Gasteiger charge is -2.30. The first-order chi connectivity index (χ1) is 17.1. The fourth-order valence-corrected chi connectivity index (χ4v) is 4.70. The van der Waals surface area contributed by atoms with E-state index in [0.29, 0.717) is 28.8 Å². The van der Waals surface area contributed by atoms with Crippen molar-refractivity contribution in [3.05, 3.63) is 78.3 Å². The van der Waals surface area contributed by atoms with E-state index in [0.717, 1.165) is 48.5 Å². The van der Waals surface area contributed by atoms with Crippen LogP contribution in [0.2, 0.25) is 0 Å². The van der Waals surface area contributed by atoms with Gasteiger partial charge in [-0.2, -0.15) is 0 Å². The SMILES string of the molecule is CC=CN1CCC(c2c[nH]n3c(C(N)=O)c(-c4ccc(Oc5ccc(OC)cc5)cc4)nc23)CC1. The van der Waals surface area contributed by atoms with Gasteiger partial charge in [0.1, 0.15) is 22.9 Å². The number of hydrogen-bond acceptors (Lipinski definition) is 5. The highest BCUT2D eigenvalue weighted by Gasteiger charge is 2.27. The number of nitrogens with one attached hydrogen (secondary N) is 1. The maximum absolute atomic E-state index is 12.4. The molecule has 0 radical (unpaired) electrons. The van der Waals surface area contributed by atoms with Gasteiger partial charge in [-0.1, -0.05) is 6.08 Å². The summed E-state index contributed by atoms with van der Waals surface area (Å²) in [6.45, 7) is 4.04. The Hall–Kier alpha value is -4.20. The highest BCUT2D eigenvalue weighted by Crippen LogP contribution is 2.34. The van der Waals surface area contributed by atoms with Crippen molar-refractivity contribution < 1.29 is 14.3 Å². The number of hydrogen-bond donors (Lipinski definition) is 2. The molecule has 0 unspecified atom stereocenters. The van der Waals surface area contributed by atoms with Crippen LogP contribution in [-0.4, -0.2) is 45.6 Å². The van der Waals surface area contributed by atoms with E-state index in [2.05, 4.69) is 22.3 Å². The van der Waals surface area contributed by atoms with Crippen LogP contribution in [0.5, 0.6) is 17.2 Å². The Morgan fingerprint density at radius 2 is 1.69 bits per heavy atom. The zero-order valence-corrected chi connectivity index (χ0v) is 19.9. The molecule has 3 heterocycles. The molecule has 1 fully saturated rings. The van der Waals surface area contributed by atoms with Crippen LogP contribution in [-0.2, 0) is 0 Å². The predicted octanol–water partition coefficient (Wildman–Crippen LogP) is 4.94. The van der Waals surface area contributed by atoms with Crippen LogP contribution in [0, 0.1) is 0 Å². The number of allylic oxidation sites excluding steroid dienone is 1. The smallest absolute Gasteiger partial charge is 0.269 e. The Kier molecular flexibility index (Phi) is 6.18. The second-order valence-corrected chi connectivity index (χ2v) is 8.66. The van der Waals surface area contributed by atoms with Crippen molar-refractivity contribution in [2.45, 2.75) is 25.7 Å². The zero-order chi connectivity index (χ0) is 24.4. The van der Waals surface area contributed by atoms with Gasteiger partial charge >= 0.3 is 0 Å². The Bertz CT molecular complexity index is 1340. The van der Waals surface area contributed by atoms with Crippen molar-refractivity contribution in [3.8, 4) is 28.5 Å². The van der Waals surface area contributed by atoms with E-state index in [1.165, 1.54) is 0 Å². The number of methoxy groups -OCH3 is 1. The molecular formula is C27H29N5O3. The van der Waals surface area contributed by atoms with E-state index in [1.807, 2.05) is 61.7 Å². The zero-order valence-electron chi connectivity index (χ0n) is 19.9. The third-order valence-electron chi connectivity index (χ3n) is 6.47. The van der Waals surface area contributed by atoms with E-state index in [4.69, 9.17) is 20.2 Å². The first kappa shape index (κ1) is 22.6. The monoisotopic (exact) mass is 471 g/mol. The van der Waals surface area contributed by atoms with Gasteiger partial charge in [0.2, 0.25) is 0 Å². The number of H-pyrrole nitrogens is 1. The van der Waals surface area contributed by atoms with Crippen molar-refractivity contribution in [1.29, 1.82) is 0 Å². The number of aromatic nitrogens is 3. The molecule has 0 aliphatic carbocycles. The highest BCUT2D eigenvalue weighted by atomic mass is 16.5. The number of piperidine rings is 1. The number of benzene rings is 2. The minimum absolute atomic E-state index is 0.349. The van der Waals surface area contributed by atoms with Crippen LogP contribution >= 0.6 is 0 Å². The van der Waals surface area contributed by atoms with Gasteiger partial charge in [0.05, 0.1) is 7.11 Å². The third-order valence-corrected chi connectivity index (χ3v) is 6.47. The molecule has 2 aromatic carbocycles. The van der Waals surface area contributed by atoms with Crippen molar-refractivity contribution in [1.82, 2.24) is 19.5 Å². The maximum atomic E-state index is 12.4. The molecule has 0 saturated carbocycles. The van der Waals surface area contributed by atoms with Crippen molar-refractivity contribution in [2.24, 2.45) is 5.73 Å². The Morgan fingerprint density at radius 3 is 2.29 bits per heavy atom. The number of rotatable bonds is 7. The van der Waals surface area contributed by atoms with Crippen molar-refractivity contribution in [2.75, 3.05) is 20.2 Å². The molecule has 8 heteroatoms. The molecule has 0 spiro atoms. The van der Waals surface area contributed by atoms with Gasteiger partial charge in [0.15, 0.2) is 11.3 Å². The molecule has 0 bridgehead atoms. The van der Waals surface area contributed by atoms with Gasteiger partial charge in [0.25, 0.3) is 5.91 Å². The second kappa shape index (κ2) is 9.58. The number of aromatic amines is 1. The van der Waals surface area contributed by atoms with E-state index >= 15 is 0 Å². The molecule has 0 atom stereocenters. The molecular weight excluding hydrogens is 442 g/mol. The van der Waals surface area contributed by atoms with Gasteiger partial charge in [-0.25, -0.2) is 9.50 Å². The fourth-order valence-electron chi connectivity index (χ4n) is 4.70. The normalized spacial score (nSPS) is 14.6. The van der Waals surface area contributed by atoms with Crippen molar-refractivity contribution >= 4 is 11.6 Å². The number of carbonyl (C=O) groups is 1. The molecule has 8 nitrogen and oxygen atoms in total. The number of amides is 1. The summed E-state index contributed by atoms with van der Waals surface area (Å²) < 4.78 is 12.8. The maximum Gasteiger partial charge on any atom is 0.269 e. The molecule has 3 N–H and O–H groups in total. The lowest BCUT2D eigenvalue weighted by Crippen LogP contribution is -2.28. The number of primary amides is 1. The van der Waals surface area contributed by atoms with Gasteiger partial charge in [-0.15, -0.1) is 0 Å². The minimum Gasteiger partial charge on any atom is -0.497 e. The average molecular weight is 472 g/mol. The van der Waals surface area contributed by atoms with E-state index in [9.17, 15) is 4.79 Å². The first-order valence-corrected chi connectivity index (χ1v) is 11.8. The summed E-state index contributed by atoms with van der Waals surface area (Å²) in [5.41, 5.74) is 9.38. The van der Waals surface area contributed by atoms with Crippen LogP contribution in [0.25, 0.3) is 16.9 Å². The van der Waals surface area contributed by atoms with E-state index < -0.39 is 5.91 Å². The number of nitrogens with zero attached hydrogens (tertiary/aromatic N) is 3. The predicted molar refractivity (Wildman–Crippen MR) is 135 cm³/mol. The molecule has 1 aliphatic rings. The van der Waals surface area contributed by atoms with Crippen LogP contribution < -0.4 is 15.2 Å². The van der Waals surface area contributed by atoms with Gasteiger partial charge in [0, 0.05) is 30.4 Å². The summed E-state index contributed by atoms with van der Waals surface area (Å²) >= 11 is 0. The topological polar surface area (TPSA) is 97.9 Å². The standard InChI is InChI=1S/C27H29N5O3/c1-3-14-31-15-12-18(13-16-31)23-17-29-32-25(26(28)33)24(30-27(23)32)19-4-6-21(7-5-19)35-22-10-8-20(34-2)9-11-22/h3-11,14,17-18,29H,12-13,15-16H2,1-2H3,(H2,28,33). The molecule has 1 amide bonds. The number of likely N-dealkylation sites (tertiary alicyclic amines) is 1. The summed E-state index contributed by atoms with van der Waals surface area (Å²) in [6, 6.07) is 14.9. The average Bonchev–Trinajstić information content (AvgIpc) is 3.45. The molecule has 4 aromatic rings. The lowest BCUT2D eigenvalue weighted by atomic mass is 9.91. The molecule has 35 heavy (non-hydrogen) atoms. The molecule has 1 saturated heterocycles. The largest absolute Gasteiger partial charge is 0.497 e. The number of carbonyl (C=O) groups excluding carboxylic acids is 1. The van der Waals surface area contributed by atoms with Gasteiger partial charge in [-0.3, -0.25) is 9.89 Å². The second-order valence-electron chi connectivity index (χ2n) is 8.66. The van der Waals surface area contributed by atoms with Crippen LogP contribution in [0.3, 0.4) is 0 Å². The Morgan fingerprint density at radius 1 is 1.06 bits per heavy atom. The fraction of sp³-hybridized carbons (Fsp3) is 0.259.